The Hall–Kier alpha value is -4.20. The highest BCUT2D eigenvalue weighted by Crippen LogP contribution is 2.50. The molecule has 0 spiro atoms. The minimum Gasteiger partial charge on any atom is -0.496 e. The van der Waals surface area contributed by atoms with E-state index in [0.717, 1.165) is 5.56 Å². The fraction of sp³-hybridized carbons (Fsp3) is 0.310. The molecule has 0 saturated carbocycles. The maximum atomic E-state index is 14.5. The van der Waals surface area contributed by atoms with E-state index in [9.17, 15) is 9.59 Å². The first-order chi connectivity index (χ1) is 17.6. The van der Waals surface area contributed by atoms with Crippen molar-refractivity contribution >= 4 is 17.7 Å². The summed E-state index contributed by atoms with van der Waals surface area (Å²) in [5.41, 5.74) is 0.164. The van der Waals surface area contributed by atoms with E-state index in [2.05, 4.69) is 5.32 Å². The number of anilines is 1. The largest absolute Gasteiger partial charge is 0.496 e. The topological polar surface area (TPSA) is 86.3 Å². The van der Waals surface area contributed by atoms with Gasteiger partial charge in [0.1, 0.15) is 11.4 Å². The number of fused-ring (bicyclic) bond motifs is 1. The van der Waals surface area contributed by atoms with Crippen LogP contribution in [-0.2, 0) is 21.6 Å². The zero-order valence-electron chi connectivity index (χ0n) is 22.0. The van der Waals surface area contributed by atoms with Gasteiger partial charge in [-0.3, -0.25) is 10.1 Å². The van der Waals surface area contributed by atoms with E-state index in [-0.39, 0.29) is 5.91 Å². The first-order valence-corrected chi connectivity index (χ1v) is 11.9. The Kier molecular flexibility index (Phi) is 7.03. The fourth-order valence-electron chi connectivity index (χ4n) is 4.60. The van der Waals surface area contributed by atoms with Crippen molar-refractivity contribution < 1.29 is 28.5 Å². The van der Waals surface area contributed by atoms with Gasteiger partial charge in [-0.2, -0.15) is 0 Å². The van der Waals surface area contributed by atoms with Crippen LogP contribution in [0.5, 0.6) is 17.2 Å². The Morgan fingerprint density at radius 1 is 0.838 bits per heavy atom. The number of nitrogens with zero attached hydrogens (tertiary/aromatic N) is 1. The average molecular weight is 505 g/mol. The summed E-state index contributed by atoms with van der Waals surface area (Å²) in [5.74, 6) is 0.804. The van der Waals surface area contributed by atoms with Crippen LogP contribution in [0.25, 0.3) is 0 Å². The molecule has 0 bridgehead atoms. The fourth-order valence-corrected chi connectivity index (χ4v) is 4.60. The molecule has 2 amide bonds. The SMILES string of the molecule is COc1cc(OC)c(C2(NC(=O)OC(C)(C)C)C(=O)N(Cc3ccccc3)c3ccccc32)cc1OC. The molecule has 0 aromatic heterocycles. The molecule has 3 aromatic carbocycles. The standard InChI is InChI=1S/C29H32N2O6/c1-28(2,3)37-27(33)30-29(21-16-24(35-5)25(36-6)17-23(21)34-4)20-14-10-11-15-22(20)31(26(29)32)18-19-12-8-7-9-13-19/h7-17H,18H2,1-6H3,(H,30,33). The van der Waals surface area contributed by atoms with Crippen LogP contribution in [0.4, 0.5) is 10.5 Å². The second-order valence-electron chi connectivity index (χ2n) is 9.68. The van der Waals surface area contributed by atoms with Crippen molar-refractivity contribution in [3.63, 3.8) is 0 Å². The van der Waals surface area contributed by atoms with Gasteiger partial charge in [-0.15, -0.1) is 0 Å². The molecule has 8 nitrogen and oxygen atoms in total. The van der Waals surface area contributed by atoms with Gasteiger partial charge in [0.05, 0.1) is 33.6 Å². The lowest BCUT2D eigenvalue weighted by molar-refractivity contribution is -0.123. The number of rotatable bonds is 7. The molecule has 1 N–H and O–H groups in total. The molecule has 194 valence electrons. The Balaban J connectivity index is 1.97. The molecular weight excluding hydrogens is 472 g/mol. The minimum atomic E-state index is -1.65. The maximum absolute atomic E-state index is 14.5. The third-order valence-electron chi connectivity index (χ3n) is 6.15. The molecule has 0 aliphatic carbocycles. The number of ether oxygens (including phenoxy) is 4. The number of nitrogens with one attached hydrogen (secondary N) is 1. The van der Waals surface area contributed by atoms with E-state index < -0.39 is 17.2 Å². The molecule has 1 unspecified atom stereocenters. The molecule has 8 heteroatoms. The molecule has 0 saturated heterocycles. The van der Waals surface area contributed by atoms with Gasteiger partial charge >= 0.3 is 6.09 Å². The van der Waals surface area contributed by atoms with Crippen LogP contribution in [0.3, 0.4) is 0 Å². The molecule has 0 radical (unpaired) electrons. The van der Waals surface area contributed by atoms with Gasteiger partial charge in [0.2, 0.25) is 0 Å². The second kappa shape index (κ2) is 10.0. The van der Waals surface area contributed by atoms with Crippen LogP contribution in [0.15, 0.2) is 66.7 Å². The number of carbonyl (C=O) groups is 2. The third kappa shape index (κ3) is 4.79. The van der Waals surface area contributed by atoms with Crippen LogP contribution >= 0.6 is 0 Å². The summed E-state index contributed by atoms with van der Waals surface area (Å²) in [6.07, 6.45) is -0.742. The third-order valence-corrected chi connectivity index (χ3v) is 6.15. The van der Waals surface area contributed by atoms with Crippen LogP contribution < -0.4 is 24.4 Å². The van der Waals surface area contributed by atoms with Gasteiger partial charge in [0, 0.05) is 17.2 Å². The van der Waals surface area contributed by atoms with Gasteiger partial charge in [-0.1, -0.05) is 48.5 Å². The highest BCUT2D eigenvalue weighted by atomic mass is 16.6. The van der Waals surface area contributed by atoms with Gasteiger partial charge in [-0.25, -0.2) is 4.79 Å². The van der Waals surface area contributed by atoms with Crippen LogP contribution in [0.1, 0.15) is 37.5 Å². The van der Waals surface area contributed by atoms with Crippen molar-refractivity contribution in [1.29, 1.82) is 0 Å². The van der Waals surface area contributed by atoms with Crippen molar-refractivity contribution in [2.45, 2.75) is 38.5 Å². The number of alkyl carbamates (subject to hydrolysis) is 1. The molecular formula is C29H32N2O6. The van der Waals surface area contributed by atoms with E-state index in [1.54, 1.807) is 37.8 Å². The highest BCUT2D eigenvalue weighted by molar-refractivity contribution is 6.12. The van der Waals surface area contributed by atoms with Crippen LogP contribution in [-0.4, -0.2) is 38.9 Å². The predicted octanol–water partition coefficient (Wildman–Crippen LogP) is 5.03. The maximum Gasteiger partial charge on any atom is 0.409 e. The summed E-state index contributed by atoms with van der Waals surface area (Å²) < 4.78 is 22.4. The van der Waals surface area contributed by atoms with E-state index in [4.69, 9.17) is 18.9 Å². The monoisotopic (exact) mass is 504 g/mol. The molecule has 1 atom stereocenters. The number of benzene rings is 3. The van der Waals surface area contributed by atoms with E-state index in [0.29, 0.717) is 40.6 Å². The van der Waals surface area contributed by atoms with Gasteiger partial charge in [0.15, 0.2) is 17.0 Å². The predicted molar refractivity (Wildman–Crippen MR) is 140 cm³/mol. The first kappa shape index (κ1) is 25.9. The molecule has 0 fully saturated rings. The minimum absolute atomic E-state index is 0.310. The normalized spacial score (nSPS) is 16.7. The lowest BCUT2D eigenvalue weighted by Gasteiger charge is -2.33. The molecule has 37 heavy (non-hydrogen) atoms. The average Bonchev–Trinajstić information content (AvgIpc) is 3.10. The Morgan fingerprint density at radius 2 is 1.43 bits per heavy atom. The van der Waals surface area contributed by atoms with Gasteiger partial charge < -0.3 is 23.8 Å². The molecule has 1 aliphatic heterocycles. The Labute approximate surface area is 217 Å². The van der Waals surface area contributed by atoms with E-state index in [1.165, 1.54) is 21.3 Å². The summed E-state index contributed by atoms with van der Waals surface area (Å²) in [6, 6.07) is 20.4. The van der Waals surface area contributed by atoms with Crippen LogP contribution in [0.2, 0.25) is 0 Å². The lowest BCUT2D eigenvalue weighted by Crippen LogP contribution is -2.54. The molecule has 3 aromatic rings. The summed E-state index contributed by atoms with van der Waals surface area (Å²) >= 11 is 0. The number of hydrogen-bond acceptors (Lipinski definition) is 6. The number of hydrogen-bond donors (Lipinski definition) is 1. The zero-order chi connectivity index (χ0) is 26.8. The van der Waals surface area contributed by atoms with Crippen LogP contribution in [0, 0.1) is 0 Å². The number of amides is 2. The lowest BCUT2D eigenvalue weighted by atomic mass is 9.83. The number of para-hydroxylation sites is 1. The summed E-state index contributed by atoms with van der Waals surface area (Å²) in [7, 11) is 4.52. The van der Waals surface area contributed by atoms with Gasteiger partial charge in [-0.05, 0) is 38.5 Å². The van der Waals surface area contributed by atoms with Crippen molar-refractivity contribution in [2.75, 3.05) is 26.2 Å². The first-order valence-electron chi connectivity index (χ1n) is 11.9. The summed E-state index contributed by atoms with van der Waals surface area (Å²) in [4.78, 5) is 29.5. The summed E-state index contributed by atoms with van der Waals surface area (Å²) in [5, 5.41) is 2.92. The Bertz CT molecular complexity index is 1300. The van der Waals surface area contributed by atoms with Crippen molar-refractivity contribution in [3.8, 4) is 17.2 Å². The van der Waals surface area contributed by atoms with Crippen molar-refractivity contribution in [3.05, 3.63) is 83.4 Å². The zero-order valence-corrected chi connectivity index (χ0v) is 22.0. The van der Waals surface area contributed by atoms with Crippen molar-refractivity contribution in [2.24, 2.45) is 0 Å². The number of carbonyl (C=O) groups excluding carboxylic acids is 2. The highest BCUT2D eigenvalue weighted by Gasteiger charge is 2.55. The van der Waals surface area contributed by atoms with Crippen molar-refractivity contribution in [1.82, 2.24) is 5.32 Å². The van der Waals surface area contributed by atoms with E-state index >= 15 is 0 Å². The quantitative estimate of drug-likeness (QED) is 0.486. The second-order valence-corrected chi connectivity index (χ2v) is 9.68. The Morgan fingerprint density at radius 3 is 2.05 bits per heavy atom. The molecule has 1 aliphatic rings. The molecule has 4 rings (SSSR count). The summed E-state index contributed by atoms with van der Waals surface area (Å²) in [6.45, 7) is 5.61. The van der Waals surface area contributed by atoms with E-state index in [1.807, 2.05) is 54.6 Å². The molecule has 1 heterocycles. The smallest absolute Gasteiger partial charge is 0.409 e. The van der Waals surface area contributed by atoms with Gasteiger partial charge in [0.25, 0.3) is 5.91 Å². The number of methoxy groups -OCH3 is 3.